The zero-order valence-corrected chi connectivity index (χ0v) is 15.5. The molecule has 0 amide bonds. The van der Waals surface area contributed by atoms with Crippen molar-refractivity contribution >= 4 is 40.5 Å². The molecule has 0 aliphatic heterocycles. The minimum Gasteiger partial charge on any atom is -0.395 e. The molecule has 0 atom stereocenters. The third kappa shape index (κ3) is 4.80. The zero-order valence-electron chi connectivity index (χ0n) is 13.8. The summed E-state index contributed by atoms with van der Waals surface area (Å²) in [5, 5.41) is 20.4. The Hall–Kier alpha value is -1.92. The maximum atomic E-state index is 9.13. The topological polar surface area (TPSA) is 43.7 Å². The van der Waals surface area contributed by atoms with Crippen LogP contribution >= 0.6 is 22.7 Å². The molecular formula is C20H21NO2S2. The lowest BCUT2D eigenvalue weighted by atomic mass is 10.1. The molecule has 0 spiro atoms. The van der Waals surface area contributed by atoms with Crippen LogP contribution in [0.3, 0.4) is 0 Å². The normalized spacial score (nSPS) is 11.3. The van der Waals surface area contributed by atoms with E-state index in [4.69, 9.17) is 10.2 Å². The number of hydrogen-bond donors (Lipinski definition) is 2. The highest BCUT2D eigenvalue weighted by Gasteiger charge is 2.05. The Morgan fingerprint density at radius 1 is 0.840 bits per heavy atom. The van der Waals surface area contributed by atoms with Gasteiger partial charge in [-0.1, -0.05) is 24.3 Å². The number of anilines is 1. The van der Waals surface area contributed by atoms with E-state index in [9.17, 15) is 0 Å². The highest BCUT2D eigenvalue weighted by Crippen LogP contribution is 2.32. The van der Waals surface area contributed by atoms with Gasteiger partial charge in [0.15, 0.2) is 0 Å². The molecule has 2 aromatic heterocycles. The predicted octanol–water partition coefficient (Wildman–Crippen LogP) is 4.44. The van der Waals surface area contributed by atoms with Crippen LogP contribution in [-0.2, 0) is 0 Å². The summed E-state index contributed by atoms with van der Waals surface area (Å²) in [6, 6.07) is 16.7. The molecule has 0 aliphatic rings. The van der Waals surface area contributed by atoms with Crippen molar-refractivity contribution in [2.24, 2.45) is 0 Å². The van der Waals surface area contributed by atoms with Crippen LogP contribution in [0.4, 0.5) is 5.69 Å². The lowest BCUT2D eigenvalue weighted by Gasteiger charge is -2.22. The van der Waals surface area contributed by atoms with Gasteiger partial charge in [-0.25, -0.2) is 0 Å². The maximum absolute atomic E-state index is 9.13. The van der Waals surface area contributed by atoms with Crippen LogP contribution in [0.5, 0.6) is 0 Å². The second kappa shape index (κ2) is 8.97. The van der Waals surface area contributed by atoms with E-state index in [-0.39, 0.29) is 13.2 Å². The fourth-order valence-corrected chi connectivity index (χ4v) is 4.32. The molecule has 3 rings (SSSR count). The van der Waals surface area contributed by atoms with Gasteiger partial charge >= 0.3 is 0 Å². The molecule has 0 saturated carbocycles. The lowest BCUT2D eigenvalue weighted by molar-refractivity contribution is 0.281. The standard InChI is InChI=1S/C20H21NO2S2/c22-13-11-21(12-14-23)17-6-3-16(4-7-17)5-8-18-9-10-20(25-18)19-2-1-15-24-19/h1-10,15,22-23H,11-14H2/b8-5+. The van der Waals surface area contributed by atoms with E-state index in [1.165, 1.54) is 14.6 Å². The van der Waals surface area contributed by atoms with Gasteiger partial charge in [-0.3, -0.25) is 0 Å². The van der Waals surface area contributed by atoms with Crippen molar-refractivity contribution in [3.05, 3.63) is 64.4 Å². The monoisotopic (exact) mass is 371 g/mol. The average molecular weight is 372 g/mol. The SMILES string of the molecule is OCCN(CCO)c1ccc(/C=C/c2ccc(-c3cccs3)s2)cc1. The highest BCUT2D eigenvalue weighted by atomic mass is 32.1. The molecule has 3 nitrogen and oxygen atoms in total. The molecule has 5 heteroatoms. The fourth-order valence-electron chi connectivity index (χ4n) is 2.58. The maximum Gasteiger partial charge on any atom is 0.0606 e. The van der Waals surface area contributed by atoms with Gasteiger partial charge in [-0.2, -0.15) is 0 Å². The molecule has 0 saturated heterocycles. The molecule has 3 aromatic rings. The van der Waals surface area contributed by atoms with Gasteiger partial charge in [0.2, 0.25) is 0 Å². The minimum atomic E-state index is 0.0760. The molecule has 2 heterocycles. The molecule has 1 aromatic carbocycles. The van der Waals surface area contributed by atoms with E-state index in [2.05, 4.69) is 53.9 Å². The van der Waals surface area contributed by atoms with Gasteiger partial charge in [0, 0.05) is 33.4 Å². The summed E-state index contributed by atoms with van der Waals surface area (Å²) in [6.45, 7) is 1.20. The smallest absolute Gasteiger partial charge is 0.0606 e. The van der Waals surface area contributed by atoms with Gasteiger partial charge < -0.3 is 15.1 Å². The van der Waals surface area contributed by atoms with Crippen LogP contribution in [0.15, 0.2) is 53.9 Å². The molecule has 0 aliphatic carbocycles. The number of rotatable bonds is 8. The van der Waals surface area contributed by atoms with Crippen LogP contribution in [0, 0.1) is 0 Å². The number of thiophene rings is 2. The molecule has 0 fully saturated rings. The first-order valence-electron chi connectivity index (χ1n) is 8.18. The van der Waals surface area contributed by atoms with Crippen LogP contribution in [0.1, 0.15) is 10.4 Å². The molecule has 0 radical (unpaired) electrons. The van der Waals surface area contributed by atoms with Crippen molar-refractivity contribution in [2.45, 2.75) is 0 Å². The summed E-state index contributed by atoms with van der Waals surface area (Å²) >= 11 is 3.55. The van der Waals surface area contributed by atoms with Crippen molar-refractivity contribution in [3.8, 4) is 9.75 Å². The molecule has 0 unspecified atom stereocenters. The summed E-state index contributed by atoms with van der Waals surface area (Å²) in [6.07, 6.45) is 4.24. The van der Waals surface area contributed by atoms with Gasteiger partial charge in [-0.05, 0) is 47.4 Å². The Bertz CT molecular complexity index is 785. The van der Waals surface area contributed by atoms with Gasteiger partial charge in [0.25, 0.3) is 0 Å². The Balaban J connectivity index is 1.67. The summed E-state index contributed by atoms with van der Waals surface area (Å²) < 4.78 is 0. The van der Waals surface area contributed by atoms with Crippen molar-refractivity contribution in [3.63, 3.8) is 0 Å². The lowest BCUT2D eigenvalue weighted by Crippen LogP contribution is -2.29. The first-order valence-corrected chi connectivity index (χ1v) is 9.88. The second-order valence-electron chi connectivity index (χ2n) is 5.54. The van der Waals surface area contributed by atoms with E-state index in [1.807, 2.05) is 17.0 Å². The van der Waals surface area contributed by atoms with E-state index in [1.54, 1.807) is 22.7 Å². The summed E-state index contributed by atoms with van der Waals surface area (Å²) in [5.41, 5.74) is 2.14. The summed E-state index contributed by atoms with van der Waals surface area (Å²) in [7, 11) is 0. The van der Waals surface area contributed by atoms with E-state index in [0.717, 1.165) is 11.3 Å². The summed E-state index contributed by atoms with van der Waals surface area (Å²) in [4.78, 5) is 5.81. The minimum absolute atomic E-state index is 0.0760. The Labute approximate surface area is 156 Å². The van der Waals surface area contributed by atoms with Crippen LogP contribution in [0.2, 0.25) is 0 Å². The molecule has 25 heavy (non-hydrogen) atoms. The van der Waals surface area contributed by atoms with Crippen molar-refractivity contribution in [2.75, 3.05) is 31.2 Å². The number of aliphatic hydroxyl groups is 2. The number of hydrogen-bond acceptors (Lipinski definition) is 5. The van der Waals surface area contributed by atoms with Gasteiger partial charge in [0.1, 0.15) is 0 Å². The first kappa shape index (κ1) is 17.9. The molecular weight excluding hydrogens is 350 g/mol. The van der Waals surface area contributed by atoms with E-state index < -0.39 is 0 Å². The zero-order chi connectivity index (χ0) is 17.5. The third-order valence-electron chi connectivity index (χ3n) is 3.83. The van der Waals surface area contributed by atoms with Crippen LogP contribution < -0.4 is 4.90 Å². The van der Waals surface area contributed by atoms with Gasteiger partial charge in [0.05, 0.1) is 13.2 Å². The largest absolute Gasteiger partial charge is 0.395 e. The third-order valence-corrected chi connectivity index (χ3v) is 5.95. The quantitative estimate of drug-likeness (QED) is 0.615. The average Bonchev–Trinajstić information content (AvgIpc) is 3.32. The van der Waals surface area contributed by atoms with E-state index in [0.29, 0.717) is 13.1 Å². The second-order valence-corrected chi connectivity index (χ2v) is 7.60. The van der Waals surface area contributed by atoms with Crippen LogP contribution in [0.25, 0.3) is 21.9 Å². The van der Waals surface area contributed by atoms with Crippen LogP contribution in [-0.4, -0.2) is 36.5 Å². The Morgan fingerprint density at radius 3 is 2.24 bits per heavy atom. The summed E-state index contributed by atoms with van der Waals surface area (Å²) in [5.74, 6) is 0. The fraction of sp³-hybridized carbons (Fsp3) is 0.200. The Kier molecular flexibility index (Phi) is 6.42. The van der Waals surface area contributed by atoms with Gasteiger partial charge in [-0.15, -0.1) is 22.7 Å². The highest BCUT2D eigenvalue weighted by molar-refractivity contribution is 7.21. The number of aliphatic hydroxyl groups excluding tert-OH is 2. The predicted molar refractivity (Wildman–Crippen MR) is 109 cm³/mol. The number of nitrogens with zero attached hydrogens (tertiary/aromatic N) is 1. The Morgan fingerprint density at radius 2 is 1.60 bits per heavy atom. The van der Waals surface area contributed by atoms with Crippen molar-refractivity contribution in [1.29, 1.82) is 0 Å². The van der Waals surface area contributed by atoms with E-state index >= 15 is 0 Å². The molecule has 2 N–H and O–H groups in total. The molecule has 130 valence electrons. The first-order chi connectivity index (χ1) is 12.3. The van der Waals surface area contributed by atoms with Crippen molar-refractivity contribution in [1.82, 2.24) is 0 Å². The number of benzene rings is 1. The molecule has 0 bridgehead atoms. The van der Waals surface area contributed by atoms with Crippen molar-refractivity contribution < 1.29 is 10.2 Å².